The first-order valence-corrected chi connectivity index (χ1v) is 8.47. The van der Waals surface area contributed by atoms with Crippen molar-refractivity contribution in [1.29, 1.82) is 0 Å². The fourth-order valence-electron chi connectivity index (χ4n) is 2.84. The Morgan fingerprint density at radius 2 is 1.83 bits per heavy atom. The lowest BCUT2D eigenvalue weighted by Gasteiger charge is -2.37. The van der Waals surface area contributed by atoms with E-state index in [1.54, 1.807) is 31.2 Å². The summed E-state index contributed by atoms with van der Waals surface area (Å²) >= 11 is 9.07. The fourth-order valence-corrected chi connectivity index (χ4v) is 3.23. The highest BCUT2D eigenvalue weighted by Crippen LogP contribution is 2.49. The number of alkyl halides is 3. The van der Waals surface area contributed by atoms with Gasteiger partial charge in [0.2, 0.25) is 0 Å². The van der Waals surface area contributed by atoms with Crippen molar-refractivity contribution in [3.8, 4) is 5.69 Å². The van der Waals surface area contributed by atoms with Gasteiger partial charge in [0.25, 0.3) is 5.56 Å². The molecule has 1 aliphatic carbocycles. The van der Waals surface area contributed by atoms with Gasteiger partial charge in [-0.05, 0) is 60.0 Å². The highest BCUT2D eigenvalue weighted by molar-refractivity contribution is 9.10. The smallest absolute Gasteiger partial charge is 0.268 e. The Bertz CT molecular complexity index is 827. The van der Waals surface area contributed by atoms with Crippen molar-refractivity contribution < 1.29 is 13.2 Å². The van der Waals surface area contributed by atoms with Crippen LogP contribution in [0.3, 0.4) is 0 Å². The Balaban J connectivity index is 2.06. The number of aryl methyl sites for hydroxylation is 1. The SMILES string of the molecule is Cc1nc(C2CC(C(F)(F)F)C2)n(-c2ccc(Cl)cc2)c(=O)c1Br. The molecule has 0 N–H and O–H groups in total. The second-order valence-corrected chi connectivity index (χ2v) is 7.12. The minimum absolute atomic E-state index is 0.0510. The molecular formula is C16H13BrClF3N2O. The van der Waals surface area contributed by atoms with E-state index >= 15 is 0 Å². The van der Waals surface area contributed by atoms with Crippen molar-refractivity contribution in [2.24, 2.45) is 5.92 Å². The van der Waals surface area contributed by atoms with Gasteiger partial charge in [-0.25, -0.2) is 4.98 Å². The number of aromatic nitrogens is 2. The molecule has 128 valence electrons. The van der Waals surface area contributed by atoms with E-state index in [4.69, 9.17) is 11.6 Å². The number of halogens is 5. The maximum atomic E-state index is 12.8. The number of benzene rings is 1. The van der Waals surface area contributed by atoms with E-state index in [1.807, 2.05) is 0 Å². The molecule has 0 aliphatic heterocycles. The summed E-state index contributed by atoms with van der Waals surface area (Å²) < 4.78 is 40.0. The van der Waals surface area contributed by atoms with Crippen molar-refractivity contribution >= 4 is 27.5 Å². The first-order chi connectivity index (χ1) is 11.2. The molecule has 0 unspecified atom stereocenters. The molecule has 3 nitrogen and oxygen atoms in total. The van der Waals surface area contributed by atoms with Crippen molar-refractivity contribution in [3.63, 3.8) is 0 Å². The van der Waals surface area contributed by atoms with Crippen molar-refractivity contribution in [1.82, 2.24) is 9.55 Å². The molecule has 1 aromatic carbocycles. The number of hydrogen-bond acceptors (Lipinski definition) is 2. The zero-order valence-electron chi connectivity index (χ0n) is 12.6. The molecular weight excluding hydrogens is 409 g/mol. The Morgan fingerprint density at radius 3 is 2.38 bits per heavy atom. The zero-order valence-corrected chi connectivity index (χ0v) is 14.9. The molecule has 3 rings (SSSR count). The van der Waals surface area contributed by atoms with Crippen LogP contribution in [-0.2, 0) is 0 Å². The fraction of sp³-hybridized carbons (Fsp3) is 0.375. The van der Waals surface area contributed by atoms with E-state index in [1.165, 1.54) is 4.57 Å². The van der Waals surface area contributed by atoms with Crippen LogP contribution < -0.4 is 5.56 Å². The summed E-state index contributed by atoms with van der Waals surface area (Å²) in [6.07, 6.45) is -4.30. The van der Waals surface area contributed by atoms with E-state index in [-0.39, 0.29) is 18.4 Å². The standard InChI is InChI=1S/C16H13BrClF3N2O/c1-8-13(17)15(24)23(12-4-2-11(18)3-5-12)14(22-8)9-6-10(7-9)16(19,20)21/h2-5,9-10H,6-7H2,1H3. The molecule has 8 heteroatoms. The van der Waals surface area contributed by atoms with E-state index in [0.29, 0.717) is 26.7 Å². The Labute approximate surface area is 149 Å². The van der Waals surface area contributed by atoms with Gasteiger partial charge in [0.05, 0.1) is 17.3 Å². The molecule has 0 amide bonds. The van der Waals surface area contributed by atoms with Gasteiger partial charge in [-0.2, -0.15) is 13.2 Å². The topological polar surface area (TPSA) is 34.9 Å². The van der Waals surface area contributed by atoms with Crippen molar-refractivity contribution in [2.45, 2.75) is 31.9 Å². The van der Waals surface area contributed by atoms with Crippen LogP contribution >= 0.6 is 27.5 Å². The first kappa shape index (κ1) is 17.5. The van der Waals surface area contributed by atoms with Crippen LogP contribution in [0.2, 0.25) is 5.02 Å². The molecule has 2 aromatic rings. The van der Waals surface area contributed by atoms with Gasteiger partial charge in [-0.1, -0.05) is 11.6 Å². The van der Waals surface area contributed by atoms with Gasteiger partial charge in [-0.3, -0.25) is 9.36 Å². The van der Waals surface area contributed by atoms with Gasteiger partial charge in [-0.15, -0.1) is 0 Å². The summed E-state index contributed by atoms with van der Waals surface area (Å²) in [5, 5.41) is 0.508. The number of nitrogens with zero attached hydrogens (tertiary/aromatic N) is 2. The summed E-state index contributed by atoms with van der Waals surface area (Å²) in [5.41, 5.74) is 0.661. The molecule has 24 heavy (non-hydrogen) atoms. The van der Waals surface area contributed by atoms with E-state index in [2.05, 4.69) is 20.9 Å². The summed E-state index contributed by atoms with van der Waals surface area (Å²) in [6.45, 7) is 1.65. The van der Waals surface area contributed by atoms with Gasteiger partial charge in [0.15, 0.2) is 0 Å². The van der Waals surface area contributed by atoms with Crippen LogP contribution in [0.5, 0.6) is 0 Å². The second-order valence-electron chi connectivity index (χ2n) is 5.89. The molecule has 0 spiro atoms. The van der Waals surface area contributed by atoms with Crippen LogP contribution in [0.1, 0.15) is 30.3 Å². The third kappa shape index (κ3) is 3.11. The highest BCUT2D eigenvalue weighted by atomic mass is 79.9. The monoisotopic (exact) mass is 420 g/mol. The van der Waals surface area contributed by atoms with Gasteiger partial charge in [0.1, 0.15) is 10.3 Å². The van der Waals surface area contributed by atoms with Crippen molar-refractivity contribution in [2.75, 3.05) is 0 Å². The summed E-state index contributed by atoms with van der Waals surface area (Å²) in [7, 11) is 0. The van der Waals surface area contributed by atoms with Crippen LogP contribution in [0.4, 0.5) is 13.2 Å². The van der Waals surface area contributed by atoms with Gasteiger partial charge >= 0.3 is 6.18 Å². The Morgan fingerprint density at radius 1 is 1.25 bits per heavy atom. The highest BCUT2D eigenvalue weighted by Gasteiger charge is 2.49. The normalized spacial score (nSPS) is 20.8. The molecule has 1 aliphatic rings. The third-order valence-corrected chi connectivity index (χ3v) is 5.44. The molecule has 1 fully saturated rings. The number of hydrogen-bond donors (Lipinski definition) is 0. The largest absolute Gasteiger partial charge is 0.391 e. The quantitative estimate of drug-likeness (QED) is 0.683. The Hall–Kier alpha value is -1.34. The summed E-state index contributed by atoms with van der Waals surface area (Å²) in [4.78, 5) is 17.0. The molecule has 1 aromatic heterocycles. The lowest BCUT2D eigenvalue weighted by molar-refractivity contribution is -0.198. The minimum atomic E-state index is -4.20. The molecule has 0 saturated heterocycles. The predicted octanol–water partition coefficient (Wildman–Crippen LogP) is 5.01. The molecule has 0 radical (unpaired) electrons. The third-order valence-electron chi connectivity index (χ3n) is 4.27. The number of rotatable bonds is 2. The zero-order chi connectivity index (χ0) is 17.6. The van der Waals surface area contributed by atoms with E-state index < -0.39 is 18.0 Å². The van der Waals surface area contributed by atoms with Gasteiger partial charge in [0, 0.05) is 10.9 Å². The van der Waals surface area contributed by atoms with Crippen LogP contribution in [0.25, 0.3) is 5.69 Å². The maximum absolute atomic E-state index is 12.8. The second kappa shape index (κ2) is 6.19. The Kier molecular flexibility index (Phi) is 4.51. The average Bonchev–Trinajstić information content (AvgIpc) is 2.43. The lowest BCUT2D eigenvalue weighted by Crippen LogP contribution is -2.38. The predicted molar refractivity (Wildman–Crippen MR) is 88.8 cm³/mol. The summed E-state index contributed by atoms with van der Waals surface area (Å²) in [5.74, 6) is -1.36. The van der Waals surface area contributed by atoms with Crippen LogP contribution in [-0.4, -0.2) is 15.7 Å². The molecule has 1 saturated carbocycles. The first-order valence-electron chi connectivity index (χ1n) is 7.30. The maximum Gasteiger partial charge on any atom is 0.391 e. The van der Waals surface area contributed by atoms with E-state index in [9.17, 15) is 18.0 Å². The van der Waals surface area contributed by atoms with Crippen LogP contribution in [0.15, 0.2) is 33.5 Å². The molecule has 0 atom stereocenters. The van der Waals surface area contributed by atoms with Crippen molar-refractivity contribution in [3.05, 3.63) is 55.6 Å². The lowest BCUT2D eigenvalue weighted by atomic mass is 9.74. The van der Waals surface area contributed by atoms with Gasteiger partial charge < -0.3 is 0 Å². The summed E-state index contributed by atoms with van der Waals surface area (Å²) in [6, 6.07) is 6.55. The van der Waals surface area contributed by atoms with Crippen LogP contribution in [0, 0.1) is 12.8 Å². The average molecular weight is 422 g/mol. The molecule has 1 heterocycles. The minimum Gasteiger partial charge on any atom is -0.268 e. The van der Waals surface area contributed by atoms with E-state index in [0.717, 1.165) is 0 Å². The molecule has 0 bridgehead atoms.